The topological polar surface area (TPSA) is 66.9 Å². The summed E-state index contributed by atoms with van der Waals surface area (Å²) in [5, 5.41) is 5.76. The van der Waals surface area contributed by atoms with Crippen LogP contribution in [0.4, 0.5) is 16.0 Å². The van der Waals surface area contributed by atoms with Crippen LogP contribution in [0.5, 0.6) is 0 Å². The maximum Gasteiger partial charge on any atom is 0.258 e. The highest BCUT2D eigenvalue weighted by molar-refractivity contribution is 6.03. The molecule has 1 aromatic heterocycles. The van der Waals surface area contributed by atoms with E-state index in [1.165, 1.54) is 24.0 Å². The fourth-order valence-electron chi connectivity index (χ4n) is 2.51. The van der Waals surface area contributed by atoms with Crippen LogP contribution in [0.1, 0.15) is 41.3 Å². The van der Waals surface area contributed by atoms with Crippen LogP contribution in [0, 0.1) is 5.82 Å². The Labute approximate surface area is 157 Å². The molecule has 2 aromatic carbocycles. The molecular formula is C21H21FN4O. The van der Waals surface area contributed by atoms with Gasteiger partial charge in [0, 0.05) is 30.2 Å². The maximum atomic E-state index is 13.6. The molecule has 138 valence electrons. The molecule has 1 amide bonds. The number of carbonyl (C=O) groups is 1. The molecule has 27 heavy (non-hydrogen) atoms. The summed E-state index contributed by atoms with van der Waals surface area (Å²) in [5.41, 5.74) is 2.79. The molecule has 0 saturated heterocycles. The number of aromatic nitrogens is 2. The SMILES string of the molecule is CC(C)c1ccc(NC(=O)c2cnc(NCc3ccccc3F)nc2)cc1. The van der Waals surface area contributed by atoms with Gasteiger partial charge < -0.3 is 10.6 Å². The lowest BCUT2D eigenvalue weighted by Gasteiger charge is -2.09. The van der Waals surface area contributed by atoms with E-state index in [2.05, 4.69) is 34.4 Å². The number of hydrogen-bond acceptors (Lipinski definition) is 4. The second kappa shape index (κ2) is 8.40. The standard InChI is InChI=1S/C21H21FN4O/c1-14(2)15-7-9-18(10-8-15)26-20(27)17-12-24-21(25-13-17)23-11-16-5-3-4-6-19(16)22/h3-10,12-14H,11H2,1-2H3,(H,26,27)(H,23,24,25). The molecule has 6 heteroatoms. The van der Waals surface area contributed by atoms with Crippen LogP contribution in [-0.2, 0) is 6.54 Å². The molecule has 0 aliphatic heterocycles. The molecule has 0 aliphatic carbocycles. The minimum absolute atomic E-state index is 0.264. The third kappa shape index (κ3) is 4.88. The van der Waals surface area contributed by atoms with E-state index < -0.39 is 0 Å². The van der Waals surface area contributed by atoms with Crippen molar-refractivity contribution in [2.24, 2.45) is 0 Å². The summed E-state index contributed by atoms with van der Waals surface area (Å²) in [6, 6.07) is 14.2. The van der Waals surface area contributed by atoms with Crippen molar-refractivity contribution in [3.8, 4) is 0 Å². The minimum Gasteiger partial charge on any atom is -0.350 e. The predicted molar refractivity (Wildman–Crippen MR) is 104 cm³/mol. The molecular weight excluding hydrogens is 343 g/mol. The number of amides is 1. The molecule has 5 nitrogen and oxygen atoms in total. The zero-order chi connectivity index (χ0) is 19.2. The number of rotatable bonds is 6. The first-order valence-corrected chi connectivity index (χ1v) is 8.73. The van der Waals surface area contributed by atoms with Crippen LogP contribution in [-0.4, -0.2) is 15.9 Å². The molecule has 0 unspecified atom stereocenters. The number of carbonyl (C=O) groups excluding carboxylic acids is 1. The predicted octanol–water partition coefficient (Wildman–Crippen LogP) is 4.60. The highest BCUT2D eigenvalue weighted by atomic mass is 19.1. The summed E-state index contributed by atoms with van der Waals surface area (Å²) < 4.78 is 13.6. The quantitative estimate of drug-likeness (QED) is 0.671. The number of nitrogens with zero attached hydrogens (tertiary/aromatic N) is 2. The van der Waals surface area contributed by atoms with Gasteiger partial charge in [-0.25, -0.2) is 14.4 Å². The summed E-state index contributed by atoms with van der Waals surface area (Å²) in [6.45, 7) is 4.50. The van der Waals surface area contributed by atoms with Crippen molar-refractivity contribution in [3.05, 3.63) is 83.4 Å². The minimum atomic E-state index is -0.288. The highest BCUT2D eigenvalue weighted by Crippen LogP contribution is 2.17. The molecule has 0 bridgehead atoms. The number of hydrogen-bond donors (Lipinski definition) is 2. The first-order valence-electron chi connectivity index (χ1n) is 8.73. The second-order valence-electron chi connectivity index (χ2n) is 6.47. The monoisotopic (exact) mass is 364 g/mol. The molecule has 0 atom stereocenters. The van der Waals surface area contributed by atoms with Gasteiger partial charge in [0.15, 0.2) is 0 Å². The molecule has 3 rings (SSSR count). The van der Waals surface area contributed by atoms with Gasteiger partial charge in [0.2, 0.25) is 5.95 Å². The molecule has 3 aromatic rings. The zero-order valence-electron chi connectivity index (χ0n) is 15.2. The fraction of sp³-hybridized carbons (Fsp3) is 0.190. The van der Waals surface area contributed by atoms with Gasteiger partial charge in [0.25, 0.3) is 5.91 Å². The van der Waals surface area contributed by atoms with Gasteiger partial charge in [-0.15, -0.1) is 0 Å². The third-order valence-corrected chi connectivity index (χ3v) is 4.14. The summed E-state index contributed by atoms with van der Waals surface area (Å²) in [7, 11) is 0. The van der Waals surface area contributed by atoms with E-state index in [-0.39, 0.29) is 18.3 Å². The normalized spacial score (nSPS) is 10.7. The molecule has 0 saturated carbocycles. The van der Waals surface area contributed by atoms with E-state index in [0.29, 0.717) is 28.7 Å². The van der Waals surface area contributed by atoms with Crippen LogP contribution in [0.25, 0.3) is 0 Å². The van der Waals surface area contributed by atoms with E-state index in [9.17, 15) is 9.18 Å². The second-order valence-corrected chi connectivity index (χ2v) is 6.47. The summed E-state index contributed by atoms with van der Waals surface area (Å²) >= 11 is 0. The van der Waals surface area contributed by atoms with E-state index in [0.717, 1.165) is 0 Å². The van der Waals surface area contributed by atoms with Crippen molar-refractivity contribution in [1.82, 2.24) is 9.97 Å². The number of halogens is 1. The van der Waals surface area contributed by atoms with Gasteiger partial charge in [-0.3, -0.25) is 4.79 Å². The van der Waals surface area contributed by atoms with E-state index in [1.54, 1.807) is 18.2 Å². The first kappa shape index (κ1) is 18.5. The van der Waals surface area contributed by atoms with Crippen molar-refractivity contribution in [2.45, 2.75) is 26.3 Å². The Morgan fingerprint density at radius 3 is 2.33 bits per heavy atom. The fourth-order valence-corrected chi connectivity index (χ4v) is 2.51. The van der Waals surface area contributed by atoms with Gasteiger partial charge in [-0.1, -0.05) is 44.2 Å². The van der Waals surface area contributed by atoms with E-state index in [1.807, 2.05) is 24.3 Å². The Kier molecular flexibility index (Phi) is 5.76. The lowest BCUT2D eigenvalue weighted by atomic mass is 10.0. The molecule has 0 spiro atoms. The first-order chi connectivity index (χ1) is 13.0. The van der Waals surface area contributed by atoms with Gasteiger partial charge in [0.1, 0.15) is 5.82 Å². The maximum absolute atomic E-state index is 13.6. The number of anilines is 2. The smallest absolute Gasteiger partial charge is 0.258 e. The Hall–Kier alpha value is -3.28. The Morgan fingerprint density at radius 2 is 1.70 bits per heavy atom. The Balaban J connectivity index is 1.59. The van der Waals surface area contributed by atoms with Crippen molar-refractivity contribution < 1.29 is 9.18 Å². The van der Waals surface area contributed by atoms with Crippen molar-refractivity contribution in [1.29, 1.82) is 0 Å². The average molecular weight is 364 g/mol. The zero-order valence-corrected chi connectivity index (χ0v) is 15.2. The van der Waals surface area contributed by atoms with Crippen LogP contribution >= 0.6 is 0 Å². The van der Waals surface area contributed by atoms with E-state index >= 15 is 0 Å². The van der Waals surface area contributed by atoms with Gasteiger partial charge in [-0.05, 0) is 29.7 Å². The largest absolute Gasteiger partial charge is 0.350 e. The van der Waals surface area contributed by atoms with E-state index in [4.69, 9.17) is 0 Å². The highest BCUT2D eigenvalue weighted by Gasteiger charge is 2.09. The molecule has 0 aliphatic rings. The van der Waals surface area contributed by atoms with Crippen molar-refractivity contribution in [3.63, 3.8) is 0 Å². The Bertz CT molecular complexity index is 908. The van der Waals surface area contributed by atoms with Crippen LogP contribution in [0.2, 0.25) is 0 Å². The average Bonchev–Trinajstić information content (AvgIpc) is 2.68. The summed E-state index contributed by atoms with van der Waals surface area (Å²) in [6.07, 6.45) is 2.88. The van der Waals surface area contributed by atoms with Gasteiger partial charge in [0.05, 0.1) is 5.56 Å². The van der Waals surface area contributed by atoms with Gasteiger partial charge in [-0.2, -0.15) is 0 Å². The third-order valence-electron chi connectivity index (χ3n) is 4.14. The van der Waals surface area contributed by atoms with Crippen molar-refractivity contribution >= 4 is 17.5 Å². The lowest BCUT2D eigenvalue weighted by Crippen LogP contribution is -2.13. The summed E-state index contributed by atoms with van der Waals surface area (Å²) in [4.78, 5) is 20.5. The van der Waals surface area contributed by atoms with Gasteiger partial charge >= 0.3 is 0 Å². The van der Waals surface area contributed by atoms with Crippen LogP contribution in [0.15, 0.2) is 60.9 Å². The van der Waals surface area contributed by atoms with Crippen LogP contribution in [0.3, 0.4) is 0 Å². The molecule has 0 fully saturated rings. The molecule has 0 radical (unpaired) electrons. The molecule has 1 heterocycles. The van der Waals surface area contributed by atoms with Crippen LogP contribution < -0.4 is 10.6 Å². The van der Waals surface area contributed by atoms with Crippen molar-refractivity contribution in [2.75, 3.05) is 10.6 Å². The Morgan fingerprint density at radius 1 is 1.04 bits per heavy atom. The lowest BCUT2D eigenvalue weighted by molar-refractivity contribution is 0.102. The molecule has 2 N–H and O–H groups in total. The number of benzene rings is 2. The number of nitrogens with one attached hydrogen (secondary N) is 2. The summed E-state index contributed by atoms with van der Waals surface area (Å²) in [5.74, 6) is 0.195.